The Morgan fingerprint density at radius 3 is 2.29 bits per heavy atom. The van der Waals surface area contributed by atoms with Gasteiger partial charge in [0.1, 0.15) is 6.04 Å². The van der Waals surface area contributed by atoms with Crippen molar-refractivity contribution in [2.24, 2.45) is 5.92 Å². The molecule has 3 fully saturated rings. The average Bonchev–Trinajstić information content (AvgIpc) is 2.80. The summed E-state index contributed by atoms with van der Waals surface area (Å²) < 4.78 is 0. The molecule has 2 saturated heterocycles. The summed E-state index contributed by atoms with van der Waals surface area (Å²) in [6.07, 6.45) is 9.31. The maximum Gasteiger partial charge on any atom is 0.326 e. The molecule has 3 aliphatic rings. The van der Waals surface area contributed by atoms with Gasteiger partial charge in [0.05, 0.1) is 5.92 Å². The smallest absolute Gasteiger partial charge is 0.326 e. The minimum atomic E-state index is -0.923. The fraction of sp³-hybridized carbons (Fsp3) is 0.833. The van der Waals surface area contributed by atoms with Gasteiger partial charge in [0.25, 0.3) is 0 Å². The lowest BCUT2D eigenvalue weighted by molar-refractivity contribution is -0.153. The minimum Gasteiger partial charge on any atom is -0.480 e. The van der Waals surface area contributed by atoms with Crippen LogP contribution in [0.25, 0.3) is 0 Å². The molecule has 0 aromatic carbocycles. The highest BCUT2D eigenvalue weighted by Crippen LogP contribution is 2.30. The van der Waals surface area contributed by atoms with Crippen molar-refractivity contribution >= 4 is 17.8 Å². The molecular weight excluding hydrogens is 308 g/mol. The highest BCUT2D eigenvalue weighted by atomic mass is 16.4. The largest absolute Gasteiger partial charge is 0.480 e. The van der Waals surface area contributed by atoms with Crippen molar-refractivity contribution in [2.45, 2.75) is 76.3 Å². The molecule has 0 aromatic heterocycles. The van der Waals surface area contributed by atoms with Gasteiger partial charge >= 0.3 is 5.97 Å². The third kappa shape index (κ3) is 3.57. The minimum absolute atomic E-state index is 0.0733. The van der Waals surface area contributed by atoms with Crippen LogP contribution in [0.3, 0.4) is 0 Å². The Bertz CT molecular complexity index is 499. The molecule has 2 atom stereocenters. The Balaban J connectivity index is 1.65. The molecule has 0 aromatic rings. The van der Waals surface area contributed by atoms with E-state index < -0.39 is 12.0 Å². The molecule has 1 N–H and O–H groups in total. The zero-order valence-corrected chi connectivity index (χ0v) is 14.3. The normalized spacial score (nSPS) is 29.6. The van der Waals surface area contributed by atoms with Gasteiger partial charge in [-0.15, -0.1) is 0 Å². The van der Waals surface area contributed by atoms with Gasteiger partial charge in [-0.05, 0) is 32.1 Å². The van der Waals surface area contributed by atoms with E-state index in [9.17, 15) is 19.5 Å². The van der Waals surface area contributed by atoms with E-state index in [-0.39, 0.29) is 30.2 Å². The van der Waals surface area contributed by atoms with Crippen molar-refractivity contribution in [3.8, 4) is 0 Å². The number of rotatable bonds is 3. The second-order valence-electron chi connectivity index (χ2n) is 7.47. The van der Waals surface area contributed by atoms with Crippen molar-refractivity contribution in [3.63, 3.8) is 0 Å². The van der Waals surface area contributed by atoms with E-state index in [0.29, 0.717) is 19.5 Å². The standard InChI is InChI=1S/C18H28N2O4/c21-16-11-13(12-20(16)14-7-3-1-2-4-8-14)17(22)19-10-6-5-9-15(19)18(23)24/h13-15H,1-12H2,(H,23,24)/t13-,15-/m1/s1. The van der Waals surface area contributed by atoms with Crippen molar-refractivity contribution in [3.05, 3.63) is 0 Å². The van der Waals surface area contributed by atoms with Gasteiger partial charge in [-0.25, -0.2) is 4.79 Å². The second kappa shape index (κ2) is 7.53. The molecule has 3 rings (SSSR count). The van der Waals surface area contributed by atoms with Crippen LogP contribution in [0.4, 0.5) is 0 Å². The zero-order valence-electron chi connectivity index (χ0n) is 14.3. The molecular formula is C18H28N2O4. The number of hydrogen-bond acceptors (Lipinski definition) is 3. The third-order valence-corrected chi connectivity index (χ3v) is 5.84. The van der Waals surface area contributed by atoms with Crippen molar-refractivity contribution in [1.82, 2.24) is 9.80 Å². The van der Waals surface area contributed by atoms with Crippen molar-refractivity contribution < 1.29 is 19.5 Å². The molecule has 2 aliphatic heterocycles. The first-order valence-corrected chi connectivity index (χ1v) is 9.40. The highest BCUT2D eigenvalue weighted by molar-refractivity contribution is 5.91. The summed E-state index contributed by atoms with van der Waals surface area (Å²) in [5.74, 6) is -1.34. The van der Waals surface area contributed by atoms with E-state index in [1.54, 1.807) is 0 Å². The van der Waals surface area contributed by atoms with Crippen LogP contribution >= 0.6 is 0 Å². The Morgan fingerprint density at radius 2 is 1.62 bits per heavy atom. The van der Waals surface area contributed by atoms with Gasteiger partial charge in [0.15, 0.2) is 0 Å². The highest BCUT2D eigenvalue weighted by Gasteiger charge is 2.42. The summed E-state index contributed by atoms with van der Waals surface area (Å²) >= 11 is 0. The molecule has 6 nitrogen and oxygen atoms in total. The number of likely N-dealkylation sites (tertiary alicyclic amines) is 2. The molecule has 24 heavy (non-hydrogen) atoms. The fourth-order valence-corrected chi connectivity index (χ4v) is 4.51. The second-order valence-corrected chi connectivity index (χ2v) is 7.47. The Morgan fingerprint density at radius 1 is 0.958 bits per heavy atom. The van der Waals surface area contributed by atoms with Crippen LogP contribution in [0, 0.1) is 5.92 Å². The summed E-state index contributed by atoms with van der Waals surface area (Å²) in [5.41, 5.74) is 0. The lowest BCUT2D eigenvalue weighted by atomic mass is 9.98. The van der Waals surface area contributed by atoms with Gasteiger partial charge in [-0.2, -0.15) is 0 Å². The molecule has 1 saturated carbocycles. The van der Waals surface area contributed by atoms with Crippen LogP contribution in [0.15, 0.2) is 0 Å². The topological polar surface area (TPSA) is 77.9 Å². The summed E-state index contributed by atoms with van der Waals surface area (Å²) in [6.45, 7) is 0.981. The van der Waals surface area contributed by atoms with Crippen molar-refractivity contribution in [2.75, 3.05) is 13.1 Å². The number of amides is 2. The van der Waals surface area contributed by atoms with Crippen LogP contribution in [-0.2, 0) is 14.4 Å². The molecule has 0 bridgehead atoms. The number of carbonyl (C=O) groups is 3. The van der Waals surface area contributed by atoms with E-state index in [0.717, 1.165) is 38.5 Å². The number of aliphatic carboxylic acids is 1. The molecule has 2 heterocycles. The molecule has 6 heteroatoms. The first-order chi connectivity index (χ1) is 11.6. The number of piperidine rings is 1. The van der Waals surface area contributed by atoms with Crippen molar-refractivity contribution in [1.29, 1.82) is 0 Å². The molecule has 0 spiro atoms. The Kier molecular flexibility index (Phi) is 5.41. The SMILES string of the molecule is O=C(O)[C@H]1CCCCN1C(=O)[C@@H]1CC(=O)N(C2CCCCCC2)C1. The molecule has 0 radical (unpaired) electrons. The van der Waals surface area contributed by atoms with E-state index in [4.69, 9.17) is 0 Å². The number of carboxylic acids is 1. The predicted molar refractivity (Wildman–Crippen MR) is 88.3 cm³/mol. The van der Waals surface area contributed by atoms with E-state index in [2.05, 4.69) is 0 Å². The number of nitrogens with zero attached hydrogens (tertiary/aromatic N) is 2. The average molecular weight is 336 g/mol. The predicted octanol–water partition coefficient (Wildman–Crippen LogP) is 2.02. The summed E-state index contributed by atoms with van der Waals surface area (Å²) in [4.78, 5) is 40.1. The quantitative estimate of drug-likeness (QED) is 0.800. The van der Waals surface area contributed by atoms with E-state index in [1.807, 2.05) is 4.90 Å². The maximum atomic E-state index is 12.8. The fourth-order valence-electron chi connectivity index (χ4n) is 4.51. The van der Waals surface area contributed by atoms with Crippen LogP contribution < -0.4 is 0 Å². The first-order valence-electron chi connectivity index (χ1n) is 9.40. The summed E-state index contributed by atoms with van der Waals surface area (Å²) in [5, 5.41) is 9.37. The molecule has 1 aliphatic carbocycles. The van der Waals surface area contributed by atoms with E-state index in [1.165, 1.54) is 17.7 Å². The lowest BCUT2D eigenvalue weighted by Crippen LogP contribution is -2.50. The molecule has 2 amide bonds. The summed E-state index contributed by atoms with van der Waals surface area (Å²) in [7, 11) is 0. The monoisotopic (exact) mass is 336 g/mol. The maximum absolute atomic E-state index is 12.8. The Labute approximate surface area is 143 Å². The van der Waals surface area contributed by atoms with Gasteiger partial charge in [0.2, 0.25) is 11.8 Å². The third-order valence-electron chi connectivity index (χ3n) is 5.84. The van der Waals surface area contributed by atoms with Gasteiger partial charge < -0.3 is 14.9 Å². The molecule has 0 unspecified atom stereocenters. The molecule has 134 valence electrons. The number of carboxylic acid groups (broad SMARTS) is 1. The zero-order chi connectivity index (χ0) is 17.1. The van der Waals surface area contributed by atoms with Crippen LogP contribution in [0.2, 0.25) is 0 Å². The van der Waals surface area contributed by atoms with E-state index >= 15 is 0 Å². The number of carbonyl (C=O) groups excluding carboxylic acids is 2. The lowest BCUT2D eigenvalue weighted by Gasteiger charge is -2.35. The van der Waals surface area contributed by atoms with Crippen LogP contribution in [0.5, 0.6) is 0 Å². The van der Waals surface area contributed by atoms with Gasteiger partial charge in [-0.3, -0.25) is 9.59 Å². The summed E-state index contributed by atoms with van der Waals surface area (Å²) in [6, 6.07) is -0.442. The van der Waals surface area contributed by atoms with Gasteiger partial charge in [0, 0.05) is 25.6 Å². The number of hydrogen-bond donors (Lipinski definition) is 1. The Hall–Kier alpha value is -1.59. The first kappa shape index (κ1) is 17.2. The van der Waals surface area contributed by atoms with Crippen LogP contribution in [-0.4, -0.2) is 57.9 Å². The van der Waals surface area contributed by atoms with Crippen LogP contribution in [0.1, 0.15) is 64.2 Å². The van der Waals surface area contributed by atoms with Gasteiger partial charge in [-0.1, -0.05) is 25.7 Å².